The fourth-order valence-electron chi connectivity index (χ4n) is 2.72. The number of hydrogen-bond donors (Lipinski definition) is 2. The monoisotopic (exact) mass is 365 g/mol. The second kappa shape index (κ2) is 5.29. The maximum Gasteiger partial charge on any atom is 0.323 e. The van der Waals surface area contributed by atoms with Gasteiger partial charge in [-0.05, 0) is 36.4 Å². The van der Waals surface area contributed by atoms with Gasteiger partial charge in [0.05, 0.1) is 28.2 Å². The number of fused-ring (bicyclic) bond motifs is 2. The first-order valence-electron chi connectivity index (χ1n) is 7.12. The van der Waals surface area contributed by atoms with E-state index in [9.17, 15) is 13.2 Å². The van der Waals surface area contributed by atoms with Crippen LogP contribution in [0.4, 0.5) is 5.69 Å². The summed E-state index contributed by atoms with van der Waals surface area (Å²) in [5.41, 5.74) is 0.990. The van der Waals surface area contributed by atoms with Crippen LogP contribution in [0.15, 0.2) is 46.1 Å². The van der Waals surface area contributed by atoms with Crippen LogP contribution < -0.4 is 14.7 Å². The van der Waals surface area contributed by atoms with Crippen molar-refractivity contribution in [2.75, 3.05) is 17.5 Å². The molecule has 4 rings (SSSR count). The molecule has 0 fully saturated rings. The normalized spacial score (nSPS) is 14.5. The lowest BCUT2D eigenvalue weighted by molar-refractivity contribution is 0.316. The minimum atomic E-state index is -3.82. The Hall–Kier alpha value is -2.45. The molecule has 24 heavy (non-hydrogen) atoms. The molecule has 124 valence electrons. The van der Waals surface area contributed by atoms with Crippen LogP contribution in [0.5, 0.6) is 5.75 Å². The summed E-state index contributed by atoms with van der Waals surface area (Å²) in [6, 6.07) is 9.30. The maximum atomic E-state index is 13.0. The van der Waals surface area contributed by atoms with E-state index in [1.54, 1.807) is 24.3 Å². The molecule has 0 amide bonds. The molecule has 2 aromatic carbocycles. The number of aromatic nitrogens is 2. The Morgan fingerprint density at radius 2 is 1.88 bits per heavy atom. The van der Waals surface area contributed by atoms with Crippen LogP contribution in [0.1, 0.15) is 0 Å². The van der Waals surface area contributed by atoms with Crippen molar-refractivity contribution in [2.45, 2.75) is 4.90 Å². The van der Waals surface area contributed by atoms with E-state index in [2.05, 4.69) is 9.97 Å². The summed E-state index contributed by atoms with van der Waals surface area (Å²) in [6.45, 7) is 0.425. The zero-order valence-electron chi connectivity index (χ0n) is 12.2. The fourth-order valence-corrected chi connectivity index (χ4v) is 4.36. The third kappa shape index (κ3) is 2.35. The van der Waals surface area contributed by atoms with Gasteiger partial charge < -0.3 is 14.7 Å². The van der Waals surface area contributed by atoms with E-state index >= 15 is 0 Å². The third-order valence-corrected chi connectivity index (χ3v) is 5.86. The summed E-state index contributed by atoms with van der Waals surface area (Å²) in [6.07, 6.45) is 0. The van der Waals surface area contributed by atoms with E-state index in [0.29, 0.717) is 27.5 Å². The lowest BCUT2D eigenvalue weighted by Gasteiger charge is -2.30. The summed E-state index contributed by atoms with van der Waals surface area (Å²) in [4.78, 5) is 16.6. The van der Waals surface area contributed by atoms with Crippen molar-refractivity contribution in [3.63, 3.8) is 0 Å². The number of ether oxygens (including phenoxy) is 1. The van der Waals surface area contributed by atoms with Gasteiger partial charge in [-0.15, -0.1) is 0 Å². The molecule has 0 spiro atoms. The van der Waals surface area contributed by atoms with Crippen LogP contribution in [0, 0.1) is 0 Å². The van der Waals surface area contributed by atoms with Crippen molar-refractivity contribution in [3.05, 3.63) is 51.9 Å². The minimum Gasteiger partial charge on any atom is -0.489 e. The van der Waals surface area contributed by atoms with Crippen molar-refractivity contribution in [2.24, 2.45) is 0 Å². The van der Waals surface area contributed by atoms with Gasteiger partial charge in [0.1, 0.15) is 12.4 Å². The van der Waals surface area contributed by atoms with E-state index < -0.39 is 10.0 Å². The van der Waals surface area contributed by atoms with Crippen LogP contribution in [-0.2, 0) is 10.0 Å². The second-order valence-electron chi connectivity index (χ2n) is 5.32. The Labute approximate surface area is 141 Å². The number of imidazole rings is 1. The Balaban J connectivity index is 1.85. The molecular formula is C15H12ClN3O4S. The zero-order chi connectivity index (χ0) is 16.9. The van der Waals surface area contributed by atoms with Gasteiger partial charge in [0.15, 0.2) is 0 Å². The van der Waals surface area contributed by atoms with Crippen LogP contribution >= 0.6 is 11.6 Å². The number of benzene rings is 2. The van der Waals surface area contributed by atoms with Crippen LogP contribution in [0.3, 0.4) is 0 Å². The fraction of sp³-hybridized carbons (Fsp3) is 0.133. The average molecular weight is 366 g/mol. The molecule has 0 saturated carbocycles. The average Bonchev–Trinajstić information content (AvgIpc) is 2.93. The molecule has 0 radical (unpaired) electrons. The number of anilines is 1. The molecule has 2 heterocycles. The number of aromatic amines is 2. The number of H-pyrrole nitrogens is 2. The highest BCUT2D eigenvalue weighted by molar-refractivity contribution is 7.92. The van der Waals surface area contributed by atoms with E-state index in [0.717, 1.165) is 0 Å². The Morgan fingerprint density at radius 1 is 1.08 bits per heavy atom. The molecule has 1 aliphatic rings. The van der Waals surface area contributed by atoms with Gasteiger partial charge >= 0.3 is 5.69 Å². The molecular weight excluding hydrogens is 354 g/mol. The maximum absolute atomic E-state index is 13.0. The highest BCUT2D eigenvalue weighted by atomic mass is 35.5. The molecule has 1 aromatic heterocycles. The van der Waals surface area contributed by atoms with Crippen molar-refractivity contribution in [3.8, 4) is 5.75 Å². The summed E-state index contributed by atoms with van der Waals surface area (Å²) in [5.74, 6) is 0.463. The topological polar surface area (TPSA) is 95.3 Å². The number of hydrogen-bond acceptors (Lipinski definition) is 4. The third-order valence-electron chi connectivity index (χ3n) is 3.82. The van der Waals surface area contributed by atoms with Gasteiger partial charge in [0.25, 0.3) is 10.0 Å². The molecule has 0 unspecified atom stereocenters. The first-order valence-corrected chi connectivity index (χ1v) is 8.94. The highest BCUT2D eigenvalue weighted by Crippen LogP contribution is 2.37. The van der Waals surface area contributed by atoms with Crippen LogP contribution in [0.25, 0.3) is 11.0 Å². The van der Waals surface area contributed by atoms with E-state index in [4.69, 9.17) is 16.3 Å². The molecule has 1 aliphatic heterocycles. The Kier molecular flexibility index (Phi) is 3.33. The summed E-state index contributed by atoms with van der Waals surface area (Å²) in [7, 11) is -3.82. The molecule has 7 nitrogen and oxygen atoms in total. The summed E-state index contributed by atoms with van der Waals surface area (Å²) < 4.78 is 32.8. The minimum absolute atomic E-state index is 0.0816. The number of rotatable bonds is 2. The Bertz CT molecular complexity index is 1100. The first kappa shape index (κ1) is 15.1. The van der Waals surface area contributed by atoms with Crippen LogP contribution in [0.2, 0.25) is 5.02 Å². The second-order valence-corrected chi connectivity index (χ2v) is 7.62. The largest absolute Gasteiger partial charge is 0.489 e. The number of halogens is 1. The van der Waals surface area contributed by atoms with Gasteiger partial charge in [0.2, 0.25) is 0 Å². The van der Waals surface area contributed by atoms with E-state index in [1.807, 2.05) is 0 Å². The molecule has 0 atom stereocenters. The van der Waals surface area contributed by atoms with Crippen LogP contribution in [-0.4, -0.2) is 31.5 Å². The molecule has 3 aromatic rings. The van der Waals surface area contributed by atoms with E-state index in [1.165, 1.54) is 16.4 Å². The predicted octanol–water partition coefficient (Wildman–Crippen LogP) is 2.10. The molecule has 0 bridgehead atoms. The molecule has 2 N–H and O–H groups in total. The van der Waals surface area contributed by atoms with Gasteiger partial charge in [-0.1, -0.05) is 11.6 Å². The van der Waals surface area contributed by atoms with Gasteiger partial charge in [-0.25, -0.2) is 13.2 Å². The standard InChI is InChI=1S/C15H12ClN3O4S/c16-9-1-4-14-13(7-9)19(5-6-23-14)24(21,22)10-2-3-11-12(8-10)18-15(20)17-11/h1-4,7-8H,5-6H2,(H2,17,18,20). The quantitative estimate of drug-likeness (QED) is 0.727. The lowest BCUT2D eigenvalue weighted by atomic mass is 10.2. The number of sulfonamides is 1. The summed E-state index contributed by atoms with van der Waals surface area (Å²) in [5, 5.41) is 0.421. The highest BCUT2D eigenvalue weighted by Gasteiger charge is 2.30. The lowest BCUT2D eigenvalue weighted by Crippen LogP contribution is -2.37. The molecule has 0 saturated heterocycles. The van der Waals surface area contributed by atoms with Crippen molar-refractivity contribution < 1.29 is 13.2 Å². The first-order chi connectivity index (χ1) is 11.4. The van der Waals surface area contributed by atoms with E-state index in [-0.39, 0.29) is 23.7 Å². The molecule has 0 aliphatic carbocycles. The van der Waals surface area contributed by atoms with Crippen molar-refractivity contribution >= 4 is 38.3 Å². The predicted molar refractivity (Wildman–Crippen MR) is 90.4 cm³/mol. The van der Waals surface area contributed by atoms with Crippen molar-refractivity contribution in [1.29, 1.82) is 0 Å². The molecule has 9 heteroatoms. The zero-order valence-corrected chi connectivity index (χ0v) is 13.8. The smallest absolute Gasteiger partial charge is 0.323 e. The number of nitrogens with zero attached hydrogens (tertiary/aromatic N) is 1. The Morgan fingerprint density at radius 3 is 2.71 bits per heavy atom. The van der Waals surface area contributed by atoms with Gasteiger partial charge in [-0.3, -0.25) is 4.31 Å². The summed E-state index contributed by atoms with van der Waals surface area (Å²) >= 11 is 6.00. The SMILES string of the molecule is O=c1[nH]c2ccc(S(=O)(=O)N3CCOc4ccc(Cl)cc43)cc2[nH]1. The number of nitrogens with one attached hydrogen (secondary N) is 2. The van der Waals surface area contributed by atoms with Crippen molar-refractivity contribution in [1.82, 2.24) is 9.97 Å². The van der Waals surface area contributed by atoms with Gasteiger partial charge in [0, 0.05) is 5.02 Å². The van der Waals surface area contributed by atoms with Gasteiger partial charge in [-0.2, -0.15) is 0 Å².